The number of amides is 1. The van der Waals surface area contributed by atoms with E-state index in [-0.39, 0.29) is 29.8 Å². The average molecular weight is 308 g/mol. The minimum atomic E-state index is -0.434. The van der Waals surface area contributed by atoms with Gasteiger partial charge in [-0.2, -0.15) is 0 Å². The number of carbonyl (C=O) groups excluding carboxylic acids is 1. The molecule has 2 aliphatic heterocycles. The number of carbonyl (C=O) groups is 1. The second kappa shape index (κ2) is 6.22. The van der Waals surface area contributed by atoms with Gasteiger partial charge in [-0.3, -0.25) is 4.79 Å². The van der Waals surface area contributed by atoms with Crippen LogP contribution >= 0.6 is 0 Å². The predicted octanol–water partition coefficient (Wildman–Crippen LogP) is 1.96. The van der Waals surface area contributed by atoms with Crippen molar-refractivity contribution in [1.29, 1.82) is 0 Å². The summed E-state index contributed by atoms with van der Waals surface area (Å²) in [7, 11) is 0. The zero-order chi connectivity index (χ0) is 15.7. The maximum atomic E-state index is 14.4. The summed E-state index contributed by atoms with van der Waals surface area (Å²) in [4.78, 5) is 11.3. The zero-order valence-electron chi connectivity index (χ0n) is 12.6. The average Bonchev–Trinajstić information content (AvgIpc) is 3.01. The summed E-state index contributed by atoms with van der Waals surface area (Å²) in [6.07, 6.45) is 2.39. The molecular weight excluding hydrogens is 287 g/mol. The van der Waals surface area contributed by atoms with Gasteiger partial charge in [-0.1, -0.05) is 0 Å². The molecule has 5 nitrogen and oxygen atoms in total. The first-order chi connectivity index (χ1) is 10.6. The largest absolute Gasteiger partial charge is 0.490 e. The maximum absolute atomic E-state index is 14.4. The Morgan fingerprint density at radius 3 is 2.91 bits per heavy atom. The number of hydrogen-bond donors (Lipinski definition) is 2. The van der Waals surface area contributed by atoms with Crippen LogP contribution in [0.5, 0.6) is 5.75 Å². The van der Waals surface area contributed by atoms with Gasteiger partial charge in [-0.25, -0.2) is 4.39 Å². The molecule has 2 heterocycles. The van der Waals surface area contributed by atoms with E-state index in [1.54, 1.807) is 0 Å². The Kier molecular flexibility index (Phi) is 4.31. The molecule has 1 aromatic carbocycles. The minimum absolute atomic E-state index is 0.0822. The minimum Gasteiger partial charge on any atom is -0.490 e. The Morgan fingerprint density at radius 1 is 1.41 bits per heavy atom. The van der Waals surface area contributed by atoms with Crippen molar-refractivity contribution >= 4 is 5.91 Å². The van der Waals surface area contributed by atoms with E-state index in [9.17, 15) is 9.18 Å². The fourth-order valence-electron chi connectivity index (χ4n) is 3.17. The molecule has 0 bridgehead atoms. The highest BCUT2D eigenvalue weighted by Gasteiger charge is 2.29. The summed E-state index contributed by atoms with van der Waals surface area (Å²) in [5.74, 6) is -0.364. The predicted molar refractivity (Wildman–Crippen MR) is 79.0 cm³/mol. The molecule has 1 aromatic rings. The molecule has 6 heteroatoms. The summed E-state index contributed by atoms with van der Waals surface area (Å²) in [5, 5.41) is 2.84. The van der Waals surface area contributed by atoms with Crippen LogP contribution in [-0.4, -0.2) is 25.2 Å². The van der Waals surface area contributed by atoms with E-state index in [4.69, 9.17) is 15.2 Å². The van der Waals surface area contributed by atoms with Crippen LogP contribution in [0.1, 0.15) is 49.4 Å². The number of rotatable bonds is 3. The van der Waals surface area contributed by atoms with Crippen LogP contribution in [0.25, 0.3) is 0 Å². The summed E-state index contributed by atoms with van der Waals surface area (Å²) >= 11 is 0. The molecular formula is C16H21FN2O3. The third-order valence-corrected chi connectivity index (χ3v) is 4.25. The Bertz CT molecular complexity index is 573. The first kappa shape index (κ1) is 15.2. The molecule has 3 rings (SSSR count). The van der Waals surface area contributed by atoms with Crippen molar-refractivity contribution in [2.45, 2.75) is 44.4 Å². The normalized spacial score (nSPS) is 25.2. The van der Waals surface area contributed by atoms with Crippen molar-refractivity contribution in [3.63, 3.8) is 0 Å². The van der Waals surface area contributed by atoms with Crippen LogP contribution in [0.3, 0.4) is 0 Å². The number of nitrogens with two attached hydrogens (primary N) is 1. The van der Waals surface area contributed by atoms with Gasteiger partial charge in [0.15, 0.2) is 11.6 Å². The fourth-order valence-corrected chi connectivity index (χ4v) is 3.17. The van der Waals surface area contributed by atoms with Gasteiger partial charge in [-0.05, 0) is 30.5 Å². The lowest BCUT2D eigenvalue weighted by Gasteiger charge is -2.28. The summed E-state index contributed by atoms with van der Waals surface area (Å²) in [6.45, 7) is 2.53. The molecule has 0 aromatic heterocycles. The Labute approximate surface area is 129 Å². The first-order valence-corrected chi connectivity index (χ1v) is 7.66. The SMILES string of the molecule is CC(=O)NC1CCOc2c(F)cc(C(N)C3CCCO3)cc21. The van der Waals surface area contributed by atoms with Crippen molar-refractivity contribution in [2.24, 2.45) is 5.73 Å². The molecule has 22 heavy (non-hydrogen) atoms. The molecule has 0 spiro atoms. The van der Waals surface area contributed by atoms with E-state index >= 15 is 0 Å². The van der Waals surface area contributed by atoms with Gasteiger partial charge in [0.25, 0.3) is 0 Å². The van der Waals surface area contributed by atoms with Gasteiger partial charge in [0, 0.05) is 25.5 Å². The van der Waals surface area contributed by atoms with Gasteiger partial charge >= 0.3 is 0 Å². The quantitative estimate of drug-likeness (QED) is 0.895. The van der Waals surface area contributed by atoms with Crippen molar-refractivity contribution in [1.82, 2.24) is 5.32 Å². The van der Waals surface area contributed by atoms with E-state index < -0.39 is 5.82 Å². The van der Waals surface area contributed by atoms with E-state index in [1.807, 2.05) is 6.07 Å². The monoisotopic (exact) mass is 308 g/mol. The topological polar surface area (TPSA) is 73.6 Å². The van der Waals surface area contributed by atoms with Crippen molar-refractivity contribution in [2.75, 3.05) is 13.2 Å². The molecule has 0 radical (unpaired) electrons. The van der Waals surface area contributed by atoms with Crippen LogP contribution in [0.15, 0.2) is 12.1 Å². The molecule has 120 valence electrons. The van der Waals surface area contributed by atoms with Gasteiger partial charge in [-0.15, -0.1) is 0 Å². The summed E-state index contributed by atoms with van der Waals surface area (Å²) in [6, 6.07) is 2.64. The van der Waals surface area contributed by atoms with Crippen molar-refractivity contribution in [3.05, 3.63) is 29.1 Å². The number of hydrogen-bond acceptors (Lipinski definition) is 4. The van der Waals surface area contributed by atoms with E-state index in [0.717, 1.165) is 12.8 Å². The molecule has 1 amide bonds. The number of ether oxygens (including phenoxy) is 2. The van der Waals surface area contributed by atoms with Crippen molar-refractivity contribution in [3.8, 4) is 5.75 Å². The van der Waals surface area contributed by atoms with Crippen LogP contribution in [-0.2, 0) is 9.53 Å². The third kappa shape index (κ3) is 2.94. The molecule has 3 N–H and O–H groups in total. The van der Waals surface area contributed by atoms with Gasteiger partial charge in [0.05, 0.1) is 24.8 Å². The standard InChI is InChI=1S/C16H21FN2O3/c1-9(20)19-13-4-6-22-16-11(13)7-10(8-12(16)17)15(18)14-3-2-5-21-14/h7-8,13-15H,2-6,18H2,1H3,(H,19,20). The highest BCUT2D eigenvalue weighted by Crippen LogP contribution is 2.37. The van der Waals surface area contributed by atoms with Crippen molar-refractivity contribution < 1.29 is 18.7 Å². The summed E-state index contributed by atoms with van der Waals surface area (Å²) < 4.78 is 25.4. The molecule has 1 fully saturated rings. The highest BCUT2D eigenvalue weighted by molar-refractivity contribution is 5.73. The van der Waals surface area contributed by atoms with Gasteiger partial charge in [0.1, 0.15) is 0 Å². The van der Waals surface area contributed by atoms with Crippen LogP contribution in [0, 0.1) is 5.82 Å². The molecule has 2 aliphatic rings. The second-order valence-electron chi connectivity index (χ2n) is 5.89. The van der Waals surface area contributed by atoms with Gasteiger partial charge < -0.3 is 20.5 Å². The first-order valence-electron chi connectivity index (χ1n) is 7.66. The summed E-state index contributed by atoms with van der Waals surface area (Å²) in [5.41, 5.74) is 7.57. The molecule has 1 saturated heterocycles. The van der Waals surface area contributed by atoms with Crippen LogP contribution in [0.4, 0.5) is 4.39 Å². The van der Waals surface area contributed by atoms with Crippen LogP contribution in [0.2, 0.25) is 0 Å². The molecule has 3 atom stereocenters. The highest BCUT2D eigenvalue weighted by atomic mass is 19.1. The molecule has 0 saturated carbocycles. The number of halogens is 1. The van der Waals surface area contributed by atoms with E-state index in [1.165, 1.54) is 13.0 Å². The van der Waals surface area contributed by atoms with E-state index in [0.29, 0.717) is 30.8 Å². The fraction of sp³-hybridized carbons (Fsp3) is 0.562. The molecule has 0 aliphatic carbocycles. The number of nitrogens with one attached hydrogen (secondary N) is 1. The third-order valence-electron chi connectivity index (χ3n) is 4.25. The lowest BCUT2D eigenvalue weighted by Crippen LogP contribution is -2.32. The Morgan fingerprint density at radius 2 is 2.23 bits per heavy atom. The lowest BCUT2D eigenvalue weighted by atomic mass is 9.93. The Hall–Kier alpha value is -1.66. The van der Waals surface area contributed by atoms with Gasteiger partial charge in [0.2, 0.25) is 5.91 Å². The van der Waals surface area contributed by atoms with E-state index in [2.05, 4.69) is 5.32 Å². The number of fused-ring (bicyclic) bond motifs is 1. The zero-order valence-corrected chi connectivity index (χ0v) is 12.6. The lowest BCUT2D eigenvalue weighted by molar-refractivity contribution is -0.119. The molecule has 3 unspecified atom stereocenters. The Balaban J connectivity index is 1.93. The second-order valence-corrected chi connectivity index (χ2v) is 5.89. The smallest absolute Gasteiger partial charge is 0.217 e. The van der Waals surface area contributed by atoms with Crippen LogP contribution < -0.4 is 15.8 Å². The maximum Gasteiger partial charge on any atom is 0.217 e. The number of benzene rings is 1.